The minimum Gasteiger partial charge on any atom is -0.322 e. The molecule has 13 heavy (non-hydrogen) atoms. The second-order valence-corrected chi connectivity index (χ2v) is 4.19. The Hall–Kier alpha value is 0.597. The Labute approximate surface area is 96.0 Å². The molecule has 1 aliphatic rings. The topological polar surface area (TPSA) is 0 Å². The third kappa shape index (κ3) is 5.14. The Bertz CT molecular complexity index is 112. The number of rotatable bonds is 4. The van der Waals surface area contributed by atoms with E-state index in [1.165, 1.54) is 44.9 Å². The summed E-state index contributed by atoms with van der Waals surface area (Å²) in [6.07, 6.45) is 12.6. The summed E-state index contributed by atoms with van der Waals surface area (Å²) in [6.45, 7) is 4.61. The van der Waals surface area contributed by atoms with Crippen molar-refractivity contribution in [1.82, 2.24) is 0 Å². The molecule has 0 aliphatic heterocycles. The van der Waals surface area contributed by atoms with Crippen LogP contribution in [0.2, 0.25) is 0 Å². The van der Waals surface area contributed by atoms with Crippen molar-refractivity contribution in [3.63, 3.8) is 0 Å². The summed E-state index contributed by atoms with van der Waals surface area (Å²) in [5, 5.41) is 0. The second kappa shape index (κ2) is 7.95. The van der Waals surface area contributed by atoms with Crippen LogP contribution in [0.15, 0.2) is 0 Å². The molecule has 1 aliphatic carbocycles. The van der Waals surface area contributed by atoms with E-state index in [2.05, 4.69) is 20.3 Å². The van der Waals surface area contributed by atoms with Gasteiger partial charge in [-0.3, -0.25) is 0 Å². The van der Waals surface area contributed by atoms with Crippen molar-refractivity contribution in [2.75, 3.05) is 0 Å². The van der Waals surface area contributed by atoms with Crippen LogP contribution in [0.1, 0.15) is 58.8 Å². The molecule has 0 aromatic rings. The zero-order valence-electron chi connectivity index (χ0n) is 9.68. The molecule has 0 saturated heterocycles. The number of hydrogen-bond acceptors (Lipinski definition) is 0. The molecule has 0 amide bonds. The summed E-state index contributed by atoms with van der Waals surface area (Å²) in [5.41, 5.74) is 0. The van der Waals surface area contributed by atoms with Crippen LogP contribution in [0, 0.1) is 18.3 Å². The molecule has 1 saturated carbocycles. The summed E-state index contributed by atoms with van der Waals surface area (Å²) in [5.74, 6) is 1.91. The van der Waals surface area contributed by atoms with Crippen LogP contribution >= 0.6 is 0 Å². The first-order valence-corrected chi connectivity index (χ1v) is 5.71. The van der Waals surface area contributed by atoms with Crippen LogP contribution in [0.3, 0.4) is 0 Å². The van der Waals surface area contributed by atoms with Gasteiger partial charge in [0.25, 0.3) is 0 Å². The fourth-order valence-corrected chi connectivity index (χ4v) is 2.27. The van der Waals surface area contributed by atoms with Gasteiger partial charge < -0.3 is 6.42 Å². The molecule has 2 unspecified atom stereocenters. The summed E-state index contributed by atoms with van der Waals surface area (Å²) in [4.78, 5) is 0. The van der Waals surface area contributed by atoms with Gasteiger partial charge in [-0.05, 0) is 0 Å². The quantitative estimate of drug-likeness (QED) is 0.444. The number of hydrogen-bond donors (Lipinski definition) is 0. The number of unbranched alkanes of at least 4 members (excludes halogenated alkanes) is 1. The largest absolute Gasteiger partial charge is 1.00 e. The van der Waals surface area contributed by atoms with Crippen molar-refractivity contribution in [1.29, 1.82) is 0 Å². The Morgan fingerprint density at radius 3 is 2.46 bits per heavy atom. The molecular weight excluding hydrogens is 151 g/mol. The molecule has 1 rings (SSSR count). The molecule has 0 N–H and O–H groups in total. The predicted molar refractivity (Wildman–Crippen MR) is 54.9 cm³/mol. The van der Waals surface area contributed by atoms with Gasteiger partial charge in [0, 0.05) is 0 Å². The molecule has 0 bridgehead atoms. The molecule has 1 heteroatoms. The standard InChI is InChI=1S/C12H23.Li/c1-3-5-7-12-9-6-8-11(4-2)10-12;/h10-12H,3-9H2,1-2H3;/q-1;+1. The third-order valence-corrected chi connectivity index (χ3v) is 3.15. The maximum Gasteiger partial charge on any atom is 1.00 e. The van der Waals surface area contributed by atoms with Crippen LogP contribution in [0.4, 0.5) is 0 Å². The molecule has 0 spiro atoms. The first-order valence-electron chi connectivity index (χ1n) is 5.71. The van der Waals surface area contributed by atoms with Crippen LogP contribution in [-0.4, -0.2) is 0 Å². The van der Waals surface area contributed by atoms with E-state index in [1.807, 2.05) is 0 Å². The Morgan fingerprint density at radius 1 is 1.15 bits per heavy atom. The van der Waals surface area contributed by atoms with Crippen LogP contribution in [-0.2, 0) is 0 Å². The molecule has 0 heterocycles. The fourth-order valence-electron chi connectivity index (χ4n) is 2.27. The van der Waals surface area contributed by atoms with Crippen LogP contribution < -0.4 is 18.9 Å². The minimum atomic E-state index is 0. The zero-order chi connectivity index (χ0) is 8.81. The summed E-state index contributed by atoms with van der Waals surface area (Å²) in [7, 11) is 0. The summed E-state index contributed by atoms with van der Waals surface area (Å²) < 4.78 is 0. The van der Waals surface area contributed by atoms with Crippen molar-refractivity contribution in [3.8, 4) is 0 Å². The first kappa shape index (κ1) is 13.6. The first-order chi connectivity index (χ1) is 5.86. The van der Waals surface area contributed by atoms with E-state index in [9.17, 15) is 0 Å². The smallest absolute Gasteiger partial charge is 0.322 e. The van der Waals surface area contributed by atoms with E-state index >= 15 is 0 Å². The van der Waals surface area contributed by atoms with Crippen molar-refractivity contribution in [3.05, 3.63) is 6.42 Å². The molecular formula is C12H23Li. The van der Waals surface area contributed by atoms with Gasteiger partial charge in [0.2, 0.25) is 0 Å². The molecule has 1 fully saturated rings. The van der Waals surface area contributed by atoms with Crippen molar-refractivity contribution < 1.29 is 18.9 Å². The van der Waals surface area contributed by atoms with Crippen LogP contribution in [0.5, 0.6) is 0 Å². The van der Waals surface area contributed by atoms with Gasteiger partial charge >= 0.3 is 18.9 Å². The van der Waals surface area contributed by atoms with Gasteiger partial charge in [-0.2, -0.15) is 11.8 Å². The van der Waals surface area contributed by atoms with Crippen molar-refractivity contribution in [2.24, 2.45) is 11.8 Å². The summed E-state index contributed by atoms with van der Waals surface area (Å²) >= 11 is 0. The molecule has 2 atom stereocenters. The van der Waals surface area contributed by atoms with E-state index in [1.54, 1.807) is 0 Å². The third-order valence-electron chi connectivity index (χ3n) is 3.15. The Balaban J connectivity index is 0.00000144. The van der Waals surface area contributed by atoms with Crippen LogP contribution in [0.25, 0.3) is 0 Å². The van der Waals surface area contributed by atoms with Crippen molar-refractivity contribution >= 4 is 0 Å². The minimum absolute atomic E-state index is 0. The second-order valence-electron chi connectivity index (χ2n) is 4.19. The average molecular weight is 174 g/mol. The Morgan fingerprint density at radius 2 is 1.85 bits per heavy atom. The predicted octanol–water partition coefficient (Wildman–Crippen LogP) is 1.21. The molecule has 0 nitrogen and oxygen atoms in total. The molecule has 0 radical (unpaired) electrons. The monoisotopic (exact) mass is 174 g/mol. The van der Waals surface area contributed by atoms with E-state index in [0.717, 1.165) is 11.8 Å². The van der Waals surface area contributed by atoms with Crippen molar-refractivity contribution in [2.45, 2.75) is 58.8 Å². The maximum atomic E-state index is 2.64. The fraction of sp³-hybridized carbons (Fsp3) is 0.917. The van der Waals surface area contributed by atoms with Gasteiger partial charge in [-0.25, -0.2) is 0 Å². The molecule has 72 valence electrons. The summed E-state index contributed by atoms with van der Waals surface area (Å²) in [6, 6.07) is 0. The van der Waals surface area contributed by atoms with Gasteiger partial charge in [0.05, 0.1) is 0 Å². The molecule has 0 aromatic heterocycles. The maximum absolute atomic E-state index is 2.64. The van der Waals surface area contributed by atoms with E-state index in [0.29, 0.717) is 0 Å². The molecule has 0 aromatic carbocycles. The van der Waals surface area contributed by atoms with E-state index in [4.69, 9.17) is 0 Å². The Kier molecular flexibility index (Phi) is 8.32. The normalized spacial score (nSPS) is 28.2. The van der Waals surface area contributed by atoms with Gasteiger partial charge in [-0.1, -0.05) is 58.8 Å². The van der Waals surface area contributed by atoms with Gasteiger partial charge in [-0.15, -0.1) is 0 Å². The van der Waals surface area contributed by atoms with Gasteiger partial charge in [0.15, 0.2) is 0 Å². The SMILES string of the molecule is CCCCC1[CH-]C(CC)CCC1.[Li+]. The average Bonchev–Trinajstić information content (AvgIpc) is 2.15. The van der Waals surface area contributed by atoms with E-state index in [-0.39, 0.29) is 18.9 Å². The van der Waals surface area contributed by atoms with E-state index < -0.39 is 0 Å². The zero-order valence-corrected chi connectivity index (χ0v) is 9.68. The van der Waals surface area contributed by atoms with Gasteiger partial charge in [0.1, 0.15) is 0 Å².